The first-order chi connectivity index (χ1) is 12.3. The van der Waals surface area contributed by atoms with E-state index in [1.807, 2.05) is 12.4 Å². The summed E-state index contributed by atoms with van der Waals surface area (Å²) in [6, 6.07) is 13.7. The van der Waals surface area contributed by atoms with Crippen LogP contribution in [0.1, 0.15) is 43.4 Å². The van der Waals surface area contributed by atoms with Crippen molar-refractivity contribution in [1.29, 1.82) is 0 Å². The summed E-state index contributed by atoms with van der Waals surface area (Å²) in [5, 5.41) is 0. The van der Waals surface area contributed by atoms with Gasteiger partial charge in [0.1, 0.15) is 0 Å². The molecule has 0 bridgehead atoms. The van der Waals surface area contributed by atoms with Gasteiger partial charge in [-0.05, 0) is 41.8 Å². The van der Waals surface area contributed by atoms with Crippen molar-refractivity contribution >= 4 is 15.9 Å². The van der Waals surface area contributed by atoms with E-state index in [-0.39, 0.29) is 0 Å². The van der Waals surface area contributed by atoms with Crippen LogP contribution in [0.4, 0.5) is 0 Å². The average Bonchev–Trinajstić information content (AvgIpc) is 2.65. The Morgan fingerprint density at radius 1 is 1.00 bits per heavy atom. The fourth-order valence-electron chi connectivity index (χ4n) is 3.62. The smallest absolute Gasteiger partial charge is 0.0349 e. The van der Waals surface area contributed by atoms with Crippen molar-refractivity contribution in [3.63, 3.8) is 0 Å². The van der Waals surface area contributed by atoms with E-state index in [0.717, 1.165) is 37.2 Å². The minimum atomic E-state index is 0.552. The van der Waals surface area contributed by atoms with Crippen molar-refractivity contribution < 1.29 is 0 Å². The van der Waals surface area contributed by atoms with Gasteiger partial charge in [-0.2, -0.15) is 0 Å². The first-order valence-electron chi connectivity index (χ1n) is 9.37. The highest BCUT2D eigenvalue weighted by molar-refractivity contribution is 9.10. The summed E-state index contributed by atoms with van der Waals surface area (Å²) in [6.45, 7) is 7.90. The Morgan fingerprint density at radius 3 is 2.32 bits per heavy atom. The van der Waals surface area contributed by atoms with Crippen molar-refractivity contribution in [1.82, 2.24) is 14.8 Å². The molecule has 4 heteroatoms. The van der Waals surface area contributed by atoms with Crippen molar-refractivity contribution in [3.05, 3.63) is 64.4 Å². The third-order valence-corrected chi connectivity index (χ3v) is 5.62. The number of piperazine rings is 1. The highest BCUT2D eigenvalue weighted by Gasteiger charge is 2.24. The summed E-state index contributed by atoms with van der Waals surface area (Å²) < 4.78 is 1.16. The van der Waals surface area contributed by atoms with E-state index in [1.165, 1.54) is 30.4 Å². The summed E-state index contributed by atoms with van der Waals surface area (Å²) in [5.74, 6) is 0. The average molecular weight is 402 g/mol. The van der Waals surface area contributed by atoms with Crippen LogP contribution < -0.4 is 0 Å². The van der Waals surface area contributed by atoms with Crippen LogP contribution in [0.15, 0.2) is 53.3 Å². The van der Waals surface area contributed by atoms with Crippen LogP contribution in [-0.2, 0) is 6.54 Å². The van der Waals surface area contributed by atoms with Gasteiger partial charge >= 0.3 is 0 Å². The predicted molar refractivity (Wildman–Crippen MR) is 107 cm³/mol. The second kappa shape index (κ2) is 9.46. The minimum Gasteiger partial charge on any atom is -0.297 e. The SMILES string of the molecule is CCCCC(c1ccc(Br)cc1)N1CCN(Cc2ccncc2)CC1. The molecular formula is C21H28BrN3. The number of hydrogen-bond donors (Lipinski definition) is 0. The molecule has 0 N–H and O–H groups in total. The largest absolute Gasteiger partial charge is 0.297 e. The van der Waals surface area contributed by atoms with E-state index in [9.17, 15) is 0 Å². The second-order valence-corrected chi connectivity index (χ2v) is 7.79. The van der Waals surface area contributed by atoms with Crippen LogP contribution in [0, 0.1) is 0 Å². The molecule has 1 aliphatic heterocycles. The first kappa shape index (κ1) is 18.6. The number of pyridine rings is 1. The van der Waals surface area contributed by atoms with Gasteiger partial charge in [-0.15, -0.1) is 0 Å². The summed E-state index contributed by atoms with van der Waals surface area (Å²) >= 11 is 3.56. The summed E-state index contributed by atoms with van der Waals surface area (Å²) in [6.07, 6.45) is 7.58. The Balaban J connectivity index is 1.60. The number of benzene rings is 1. The van der Waals surface area contributed by atoms with Gasteiger partial charge in [0, 0.05) is 55.6 Å². The molecule has 1 aliphatic rings. The van der Waals surface area contributed by atoms with E-state index >= 15 is 0 Å². The number of aromatic nitrogens is 1. The molecule has 3 rings (SSSR count). The van der Waals surface area contributed by atoms with Crippen molar-refractivity contribution in [3.8, 4) is 0 Å². The number of unbranched alkanes of at least 4 members (excludes halogenated alkanes) is 1. The molecule has 0 amide bonds. The number of hydrogen-bond acceptors (Lipinski definition) is 3. The monoisotopic (exact) mass is 401 g/mol. The van der Waals surface area contributed by atoms with Gasteiger partial charge in [0.2, 0.25) is 0 Å². The maximum Gasteiger partial charge on any atom is 0.0349 e. The molecule has 134 valence electrons. The third-order valence-electron chi connectivity index (χ3n) is 5.09. The summed E-state index contributed by atoms with van der Waals surface area (Å²) in [7, 11) is 0. The lowest BCUT2D eigenvalue weighted by molar-refractivity contribution is 0.0867. The van der Waals surface area contributed by atoms with Crippen molar-refractivity contribution in [2.45, 2.75) is 38.8 Å². The fourth-order valence-corrected chi connectivity index (χ4v) is 3.89. The van der Waals surface area contributed by atoms with Gasteiger partial charge in [0.05, 0.1) is 0 Å². The van der Waals surface area contributed by atoms with E-state index in [1.54, 1.807) is 0 Å². The summed E-state index contributed by atoms with van der Waals surface area (Å²) in [5.41, 5.74) is 2.82. The Hall–Kier alpha value is -1.23. The van der Waals surface area contributed by atoms with Gasteiger partial charge in [-0.3, -0.25) is 14.8 Å². The molecule has 0 aliphatic carbocycles. The number of nitrogens with zero attached hydrogens (tertiary/aromatic N) is 3. The molecule has 2 aromatic rings. The Morgan fingerprint density at radius 2 is 1.68 bits per heavy atom. The van der Waals surface area contributed by atoms with Crippen molar-refractivity contribution in [2.75, 3.05) is 26.2 Å². The lowest BCUT2D eigenvalue weighted by Crippen LogP contribution is -2.47. The number of rotatable bonds is 7. The van der Waals surface area contributed by atoms with Gasteiger partial charge in [-0.25, -0.2) is 0 Å². The lowest BCUT2D eigenvalue weighted by Gasteiger charge is -2.39. The zero-order valence-electron chi connectivity index (χ0n) is 15.1. The second-order valence-electron chi connectivity index (χ2n) is 6.88. The van der Waals surface area contributed by atoms with E-state index < -0.39 is 0 Å². The maximum absolute atomic E-state index is 4.11. The Bertz CT molecular complexity index is 621. The normalized spacial score (nSPS) is 17.5. The molecule has 2 heterocycles. The predicted octanol–water partition coefficient (Wildman–Crippen LogP) is 4.89. The summed E-state index contributed by atoms with van der Waals surface area (Å²) in [4.78, 5) is 9.35. The Labute approximate surface area is 160 Å². The van der Waals surface area contributed by atoms with Crippen LogP contribution in [0.25, 0.3) is 0 Å². The molecule has 1 atom stereocenters. The molecule has 0 radical (unpaired) electrons. The highest BCUT2D eigenvalue weighted by atomic mass is 79.9. The first-order valence-corrected chi connectivity index (χ1v) is 10.2. The van der Waals surface area contributed by atoms with Crippen LogP contribution in [0.2, 0.25) is 0 Å². The topological polar surface area (TPSA) is 19.4 Å². The molecular weight excluding hydrogens is 374 g/mol. The third kappa shape index (κ3) is 5.37. The molecule has 1 fully saturated rings. The van der Waals surface area contributed by atoms with Gasteiger partial charge in [0.15, 0.2) is 0 Å². The van der Waals surface area contributed by atoms with Crippen molar-refractivity contribution in [2.24, 2.45) is 0 Å². The molecule has 0 saturated carbocycles. The lowest BCUT2D eigenvalue weighted by atomic mass is 9.98. The molecule has 1 unspecified atom stereocenters. The molecule has 0 spiro atoms. The van der Waals surface area contributed by atoms with E-state index in [4.69, 9.17) is 0 Å². The minimum absolute atomic E-state index is 0.552. The zero-order valence-corrected chi connectivity index (χ0v) is 16.7. The van der Waals surface area contributed by atoms with E-state index in [2.05, 4.69) is 74.0 Å². The van der Waals surface area contributed by atoms with Crippen LogP contribution in [0.5, 0.6) is 0 Å². The fraction of sp³-hybridized carbons (Fsp3) is 0.476. The van der Waals surface area contributed by atoms with Crippen LogP contribution >= 0.6 is 15.9 Å². The molecule has 1 aromatic heterocycles. The van der Waals surface area contributed by atoms with Gasteiger partial charge in [0.25, 0.3) is 0 Å². The molecule has 1 saturated heterocycles. The molecule has 3 nitrogen and oxygen atoms in total. The maximum atomic E-state index is 4.11. The van der Waals surface area contributed by atoms with Crippen LogP contribution in [-0.4, -0.2) is 41.0 Å². The molecule has 25 heavy (non-hydrogen) atoms. The van der Waals surface area contributed by atoms with Gasteiger partial charge < -0.3 is 0 Å². The number of halogens is 1. The zero-order chi connectivity index (χ0) is 17.5. The quantitative estimate of drug-likeness (QED) is 0.657. The highest BCUT2D eigenvalue weighted by Crippen LogP contribution is 2.28. The standard InChI is InChI=1S/C21H28BrN3/c1-2-3-4-21(19-5-7-20(22)8-6-19)25-15-13-24(14-16-25)17-18-9-11-23-12-10-18/h5-12,21H,2-4,13-17H2,1H3. The van der Waals surface area contributed by atoms with Gasteiger partial charge in [-0.1, -0.05) is 47.8 Å². The Kier molecular flexibility index (Phi) is 7.02. The molecule has 1 aromatic carbocycles. The van der Waals surface area contributed by atoms with E-state index in [0.29, 0.717) is 6.04 Å². The van der Waals surface area contributed by atoms with Crippen LogP contribution in [0.3, 0.4) is 0 Å².